The summed E-state index contributed by atoms with van der Waals surface area (Å²) in [5, 5.41) is 4.44. The van der Waals surface area contributed by atoms with Crippen molar-refractivity contribution in [3.05, 3.63) is 17.1 Å². The van der Waals surface area contributed by atoms with Crippen LogP contribution in [0.3, 0.4) is 0 Å². The highest BCUT2D eigenvalue weighted by Crippen LogP contribution is 2.42. The van der Waals surface area contributed by atoms with Crippen LogP contribution in [0, 0.1) is 6.92 Å². The second kappa shape index (κ2) is 7.03. The fourth-order valence-corrected chi connectivity index (χ4v) is 5.33. The van der Waals surface area contributed by atoms with Gasteiger partial charge in [-0.2, -0.15) is 11.8 Å². The zero-order valence-electron chi connectivity index (χ0n) is 13.1. The van der Waals surface area contributed by atoms with Crippen LogP contribution in [0.4, 0.5) is 5.82 Å². The molecular weight excluding hydrogens is 286 g/mol. The fraction of sp³-hybridized carbons (Fsp3) is 0.733. The highest BCUT2D eigenvalue weighted by molar-refractivity contribution is 8.06. The van der Waals surface area contributed by atoms with Crippen molar-refractivity contribution in [1.29, 1.82) is 0 Å². The van der Waals surface area contributed by atoms with Crippen LogP contribution in [0.25, 0.3) is 0 Å². The van der Waals surface area contributed by atoms with E-state index in [4.69, 9.17) is 9.97 Å². The van der Waals surface area contributed by atoms with Gasteiger partial charge in [0.2, 0.25) is 0 Å². The molecule has 2 unspecified atom stereocenters. The zero-order chi connectivity index (χ0) is 14.7. The molecule has 0 spiro atoms. The fourth-order valence-electron chi connectivity index (χ4n) is 2.64. The van der Waals surface area contributed by atoms with E-state index >= 15 is 0 Å². The van der Waals surface area contributed by atoms with Crippen molar-refractivity contribution < 1.29 is 0 Å². The van der Waals surface area contributed by atoms with Crippen molar-refractivity contribution in [3.63, 3.8) is 0 Å². The van der Waals surface area contributed by atoms with Gasteiger partial charge < -0.3 is 5.32 Å². The second-order valence-electron chi connectivity index (χ2n) is 5.48. The number of thioether (sulfide) groups is 2. The zero-order valence-corrected chi connectivity index (χ0v) is 14.7. The molecule has 1 aliphatic rings. The Morgan fingerprint density at radius 3 is 2.55 bits per heavy atom. The lowest BCUT2D eigenvalue weighted by Crippen LogP contribution is -2.20. The largest absolute Gasteiger partial charge is 0.370 e. The summed E-state index contributed by atoms with van der Waals surface area (Å²) in [6, 6.07) is 0. The van der Waals surface area contributed by atoms with Gasteiger partial charge in [0.1, 0.15) is 11.6 Å². The Hall–Kier alpha value is -0.420. The molecule has 2 heterocycles. The van der Waals surface area contributed by atoms with E-state index in [-0.39, 0.29) is 0 Å². The first kappa shape index (κ1) is 16.0. The predicted octanol–water partition coefficient (Wildman–Crippen LogP) is 4.25. The van der Waals surface area contributed by atoms with Gasteiger partial charge in [-0.3, -0.25) is 0 Å². The Morgan fingerprint density at radius 2 is 1.95 bits per heavy atom. The van der Waals surface area contributed by atoms with Crippen molar-refractivity contribution >= 4 is 29.3 Å². The highest BCUT2D eigenvalue weighted by Gasteiger charge is 2.28. The molecule has 20 heavy (non-hydrogen) atoms. The minimum Gasteiger partial charge on any atom is -0.370 e. The summed E-state index contributed by atoms with van der Waals surface area (Å²) in [7, 11) is 0. The van der Waals surface area contributed by atoms with Crippen LogP contribution in [0.15, 0.2) is 0 Å². The van der Waals surface area contributed by atoms with Crippen molar-refractivity contribution in [2.45, 2.75) is 51.0 Å². The smallest absolute Gasteiger partial charge is 0.145 e. The summed E-state index contributed by atoms with van der Waals surface area (Å²) in [5.41, 5.74) is 2.39. The molecule has 0 aliphatic carbocycles. The van der Waals surface area contributed by atoms with E-state index in [1.165, 1.54) is 17.1 Å². The quantitative estimate of drug-likeness (QED) is 0.900. The van der Waals surface area contributed by atoms with Gasteiger partial charge in [0.15, 0.2) is 0 Å². The minimum atomic E-state index is 0.422. The number of rotatable bonds is 4. The molecule has 3 nitrogen and oxygen atoms in total. The van der Waals surface area contributed by atoms with Gasteiger partial charge in [0.05, 0.1) is 5.25 Å². The third-order valence-corrected chi connectivity index (χ3v) is 6.60. The van der Waals surface area contributed by atoms with Gasteiger partial charge in [-0.05, 0) is 19.8 Å². The number of aromatic nitrogens is 2. The van der Waals surface area contributed by atoms with E-state index in [1.54, 1.807) is 0 Å². The van der Waals surface area contributed by atoms with Crippen LogP contribution in [0.1, 0.15) is 55.9 Å². The average molecular weight is 312 g/mol. The minimum absolute atomic E-state index is 0.422. The SMILES string of the molecule is CCNc1nc(C2SCCSC2C)nc(C)c1C(C)C. The maximum absolute atomic E-state index is 4.86. The van der Waals surface area contributed by atoms with Crippen molar-refractivity contribution in [2.24, 2.45) is 0 Å². The third-order valence-electron chi connectivity index (χ3n) is 3.52. The Kier molecular flexibility index (Phi) is 5.61. The van der Waals surface area contributed by atoms with E-state index in [0.717, 1.165) is 23.9 Å². The topological polar surface area (TPSA) is 37.8 Å². The first-order valence-corrected chi connectivity index (χ1v) is 9.49. The Labute approximate surface area is 131 Å². The van der Waals surface area contributed by atoms with E-state index in [9.17, 15) is 0 Å². The molecule has 1 saturated heterocycles. The molecule has 0 radical (unpaired) electrons. The summed E-state index contributed by atoms with van der Waals surface area (Å²) in [4.78, 5) is 9.69. The maximum Gasteiger partial charge on any atom is 0.145 e. The Balaban J connectivity index is 2.39. The molecular formula is C15H25N3S2. The number of hydrogen-bond donors (Lipinski definition) is 1. The summed E-state index contributed by atoms with van der Waals surface area (Å²) >= 11 is 4.04. The number of nitrogens with one attached hydrogen (secondary N) is 1. The molecule has 1 fully saturated rings. The van der Waals surface area contributed by atoms with Crippen LogP contribution >= 0.6 is 23.5 Å². The van der Waals surface area contributed by atoms with Crippen molar-refractivity contribution in [1.82, 2.24) is 9.97 Å². The Bertz CT molecular complexity index is 463. The van der Waals surface area contributed by atoms with Crippen LogP contribution in [-0.4, -0.2) is 33.3 Å². The normalized spacial score (nSPS) is 23.1. The first-order chi connectivity index (χ1) is 9.54. The maximum atomic E-state index is 4.86. The second-order valence-corrected chi connectivity index (χ2v) is 8.22. The number of anilines is 1. The lowest BCUT2D eigenvalue weighted by atomic mass is 10.0. The van der Waals surface area contributed by atoms with Crippen LogP contribution in [0.5, 0.6) is 0 Å². The van der Waals surface area contributed by atoms with Crippen molar-refractivity contribution in [3.8, 4) is 0 Å². The number of hydrogen-bond acceptors (Lipinski definition) is 5. The number of nitrogens with zero attached hydrogens (tertiary/aromatic N) is 2. The lowest BCUT2D eigenvalue weighted by molar-refractivity contribution is 0.776. The lowest BCUT2D eigenvalue weighted by Gasteiger charge is -2.28. The van der Waals surface area contributed by atoms with Gasteiger partial charge in [-0.15, -0.1) is 11.8 Å². The van der Waals surface area contributed by atoms with Gasteiger partial charge in [-0.1, -0.05) is 20.8 Å². The predicted molar refractivity (Wildman–Crippen MR) is 92.1 cm³/mol. The van der Waals surface area contributed by atoms with Gasteiger partial charge in [0.25, 0.3) is 0 Å². The Morgan fingerprint density at radius 1 is 1.25 bits per heavy atom. The molecule has 1 aromatic rings. The average Bonchev–Trinajstić information content (AvgIpc) is 2.38. The monoisotopic (exact) mass is 311 g/mol. The van der Waals surface area contributed by atoms with Crippen molar-refractivity contribution in [2.75, 3.05) is 23.4 Å². The molecule has 1 N–H and O–H groups in total. The molecule has 0 amide bonds. The first-order valence-electron chi connectivity index (χ1n) is 7.40. The van der Waals surface area contributed by atoms with Crippen LogP contribution < -0.4 is 5.32 Å². The van der Waals surface area contributed by atoms with Crippen LogP contribution in [-0.2, 0) is 0 Å². The molecule has 0 aromatic carbocycles. The summed E-state index contributed by atoms with van der Waals surface area (Å²) in [5.74, 6) is 4.93. The summed E-state index contributed by atoms with van der Waals surface area (Å²) in [6.07, 6.45) is 0. The molecule has 2 rings (SSSR count). The van der Waals surface area contributed by atoms with E-state index in [2.05, 4.69) is 39.9 Å². The summed E-state index contributed by atoms with van der Waals surface area (Å²) < 4.78 is 0. The summed E-state index contributed by atoms with van der Waals surface area (Å²) in [6.45, 7) is 11.9. The molecule has 112 valence electrons. The van der Waals surface area contributed by atoms with E-state index in [0.29, 0.717) is 16.4 Å². The molecule has 1 aromatic heterocycles. The van der Waals surface area contributed by atoms with E-state index in [1.807, 2.05) is 23.5 Å². The number of aryl methyl sites for hydroxylation is 1. The standard InChI is InChI=1S/C15H25N3S2/c1-6-16-14-12(9(2)3)10(4)17-15(18-14)13-11(5)19-7-8-20-13/h9,11,13H,6-8H2,1-5H3,(H,16,17,18). The van der Waals surface area contributed by atoms with Gasteiger partial charge >= 0.3 is 0 Å². The molecule has 0 saturated carbocycles. The molecule has 5 heteroatoms. The molecule has 0 bridgehead atoms. The van der Waals surface area contributed by atoms with Crippen LogP contribution in [0.2, 0.25) is 0 Å². The van der Waals surface area contributed by atoms with Gasteiger partial charge in [0, 0.05) is 34.6 Å². The molecule has 1 aliphatic heterocycles. The third kappa shape index (κ3) is 3.42. The highest BCUT2D eigenvalue weighted by atomic mass is 32.2. The van der Waals surface area contributed by atoms with E-state index < -0.39 is 0 Å². The van der Waals surface area contributed by atoms with Gasteiger partial charge in [-0.25, -0.2) is 9.97 Å². The molecule has 2 atom stereocenters.